The summed E-state index contributed by atoms with van der Waals surface area (Å²) in [4.78, 5) is 2.57. The molecule has 0 bridgehead atoms. The molecule has 1 fully saturated rings. The second-order valence-electron chi connectivity index (χ2n) is 6.35. The SMILES string of the molecule is CCC(C)CN(CC)CCC1CCCC1(CO)NC. The molecule has 0 radical (unpaired) electrons. The third kappa shape index (κ3) is 4.44. The molecule has 1 saturated carbocycles. The van der Waals surface area contributed by atoms with E-state index in [1.165, 1.54) is 38.8 Å². The number of hydrogen-bond acceptors (Lipinski definition) is 3. The number of aliphatic hydroxyl groups excluding tert-OH is 1. The minimum Gasteiger partial charge on any atom is -0.394 e. The molecule has 2 N–H and O–H groups in total. The molecule has 0 aliphatic heterocycles. The molecule has 0 amide bonds. The Morgan fingerprint density at radius 3 is 2.68 bits per heavy atom. The van der Waals surface area contributed by atoms with Gasteiger partial charge < -0.3 is 15.3 Å². The monoisotopic (exact) mass is 270 g/mol. The Bertz CT molecular complexity index is 241. The number of hydrogen-bond donors (Lipinski definition) is 2. The molecule has 0 aromatic heterocycles. The molecule has 3 unspecified atom stereocenters. The summed E-state index contributed by atoms with van der Waals surface area (Å²) in [6, 6.07) is 0. The predicted octanol–water partition coefficient (Wildman–Crippen LogP) is 2.50. The number of likely N-dealkylation sites (N-methyl/N-ethyl adjacent to an activating group) is 1. The summed E-state index contributed by atoms with van der Waals surface area (Å²) >= 11 is 0. The minimum atomic E-state index is -0.00418. The zero-order valence-corrected chi connectivity index (χ0v) is 13.4. The van der Waals surface area contributed by atoms with Gasteiger partial charge in [-0.25, -0.2) is 0 Å². The molecule has 1 rings (SSSR count). The second-order valence-corrected chi connectivity index (χ2v) is 6.35. The van der Waals surface area contributed by atoms with Gasteiger partial charge in [0.15, 0.2) is 0 Å². The lowest BCUT2D eigenvalue weighted by atomic mass is 9.85. The van der Waals surface area contributed by atoms with Gasteiger partial charge in [0.1, 0.15) is 0 Å². The van der Waals surface area contributed by atoms with E-state index in [1.807, 2.05) is 7.05 Å². The van der Waals surface area contributed by atoms with E-state index < -0.39 is 0 Å². The van der Waals surface area contributed by atoms with Crippen LogP contribution in [0.25, 0.3) is 0 Å². The van der Waals surface area contributed by atoms with Crippen molar-refractivity contribution in [3.8, 4) is 0 Å². The molecule has 1 aliphatic carbocycles. The van der Waals surface area contributed by atoms with Crippen LogP contribution in [0.1, 0.15) is 52.9 Å². The van der Waals surface area contributed by atoms with Crippen LogP contribution in [0.4, 0.5) is 0 Å². The average molecular weight is 270 g/mol. The third-order valence-electron chi connectivity index (χ3n) is 5.24. The molecule has 0 saturated heterocycles. The van der Waals surface area contributed by atoms with E-state index >= 15 is 0 Å². The maximum atomic E-state index is 9.72. The fourth-order valence-corrected chi connectivity index (χ4v) is 3.47. The lowest BCUT2D eigenvalue weighted by Crippen LogP contribution is -2.50. The number of nitrogens with one attached hydrogen (secondary N) is 1. The summed E-state index contributed by atoms with van der Waals surface area (Å²) in [7, 11) is 2.01. The quantitative estimate of drug-likeness (QED) is 0.676. The highest BCUT2D eigenvalue weighted by Gasteiger charge is 2.40. The summed E-state index contributed by atoms with van der Waals surface area (Å²) in [5.74, 6) is 1.42. The minimum absolute atomic E-state index is 0.00418. The zero-order valence-electron chi connectivity index (χ0n) is 13.4. The summed E-state index contributed by atoms with van der Waals surface area (Å²) in [6.45, 7) is 10.7. The van der Waals surface area contributed by atoms with Crippen LogP contribution >= 0.6 is 0 Å². The van der Waals surface area contributed by atoms with E-state index in [2.05, 4.69) is 31.0 Å². The van der Waals surface area contributed by atoms with Crippen LogP contribution in [0.2, 0.25) is 0 Å². The van der Waals surface area contributed by atoms with Gasteiger partial charge in [-0.3, -0.25) is 0 Å². The fourth-order valence-electron chi connectivity index (χ4n) is 3.47. The maximum Gasteiger partial charge on any atom is 0.0615 e. The summed E-state index contributed by atoms with van der Waals surface area (Å²) in [6.07, 6.45) is 6.12. The Morgan fingerprint density at radius 2 is 2.16 bits per heavy atom. The molecular formula is C16H34N2O. The van der Waals surface area contributed by atoms with Gasteiger partial charge in [-0.15, -0.1) is 0 Å². The van der Waals surface area contributed by atoms with Crippen molar-refractivity contribution in [2.45, 2.75) is 58.4 Å². The molecule has 0 heterocycles. The molecule has 19 heavy (non-hydrogen) atoms. The molecular weight excluding hydrogens is 236 g/mol. The van der Waals surface area contributed by atoms with Gasteiger partial charge in [-0.05, 0) is 51.2 Å². The summed E-state index contributed by atoms with van der Waals surface area (Å²) in [5, 5.41) is 13.1. The molecule has 0 aromatic rings. The normalized spacial score (nSPS) is 29.1. The van der Waals surface area contributed by atoms with Gasteiger partial charge in [0, 0.05) is 12.1 Å². The van der Waals surface area contributed by atoms with Crippen molar-refractivity contribution in [2.24, 2.45) is 11.8 Å². The van der Waals surface area contributed by atoms with Gasteiger partial charge in [0.25, 0.3) is 0 Å². The van der Waals surface area contributed by atoms with E-state index in [1.54, 1.807) is 0 Å². The van der Waals surface area contributed by atoms with Crippen molar-refractivity contribution >= 4 is 0 Å². The van der Waals surface area contributed by atoms with Crippen molar-refractivity contribution in [1.29, 1.82) is 0 Å². The van der Waals surface area contributed by atoms with Gasteiger partial charge in [0.05, 0.1) is 6.61 Å². The van der Waals surface area contributed by atoms with Crippen molar-refractivity contribution in [1.82, 2.24) is 10.2 Å². The molecule has 0 spiro atoms. The Hall–Kier alpha value is -0.120. The largest absolute Gasteiger partial charge is 0.394 e. The lowest BCUT2D eigenvalue weighted by Gasteiger charge is -2.35. The van der Waals surface area contributed by atoms with E-state index in [-0.39, 0.29) is 12.1 Å². The van der Waals surface area contributed by atoms with Crippen LogP contribution in [0.15, 0.2) is 0 Å². The first-order valence-corrected chi connectivity index (χ1v) is 8.14. The van der Waals surface area contributed by atoms with Crippen molar-refractivity contribution in [2.75, 3.05) is 33.3 Å². The fraction of sp³-hybridized carbons (Fsp3) is 1.00. The lowest BCUT2D eigenvalue weighted by molar-refractivity contribution is 0.116. The topological polar surface area (TPSA) is 35.5 Å². The van der Waals surface area contributed by atoms with Gasteiger partial charge in [0.2, 0.25) is 0 Å². The Kier molecular flexibility index (Phi) is 7.33. The second kappa shape index (κ2) is 8.23. The van der Waals surface area contributed by atoms with E-state index in [0.29, 0.717) is 5.92 Å². The zero-order chi connectivity index (χ0) is 14.3. The van der Waals surface area contributed by atoms with Gasteiger partial charge >= 0.3 is 0 Å². The summed E-state index contributed by atoms with van der Waals surface area (Å²) in [5.41, 5.74) is -0.00418. The first-order valence-electron chi connectivity index (χ1n) is 8.14. The van der Waals surface area contributed by atoms with Crippen LogP contribution < -0.4 is 5.32 Å². The van der Waals surface area contributed by atoms with Crippen LogP contribution in [0, 0.1) is 11.8 Å². The predicted molar refractivity (Wildman–Crippen MR) is 82.4 cm³/mol. The standard InChI is InChI=1S/C16H34N2O/c1-5-14(3)12-18(6-2)11-9-15-8-7-10-16(15,13-19)17-4/h14-15,17,19H,5-13H2,1-4H3. The molecule has 114 valence electrons. The van der Waals surface area contributed by atoms with Crippen molar-refractivity contribution in [3.63, 3.8) is 0 Å². The first kappa shape index (κ1) is 16.9. The number of nitrogens with zero attached hydrogens (tertiary/aromatic N) is 1. The molecule has 1 aliphatic rings. The first-order chi connectivity index (χ1) is 9.11. The highest BCUT2D eigenvalue weighted by atomic mass is 16.3. The van der Waals surface area contributed by atoms with Gasteiger partial charge in [-0.1, -0.05) is 33.6 Å². The van der Waals surface area contributed by atoms with Crippen LogP contribution in [0.5, 0.6) is 0 Å². The Balaban J connectivity index is 2.45. The van der Waals surface area contributed by atoms with Crippen LogP contribution in [-0.2, 0) is 0 Å². The van der Waals surface area contributed by atoms with Crippen LogP contribution in [-0.4, -0.2) is 48.8 Å². The molecule has 0 aromatic carbocycles. The molecule has 3 nitrogen and oxygen atoms in total. The molecule has 3 atom stereocenters. The van der Waals surface area contributed by atoms with Gasteiger partial charge in [-0.2, -0.15) is 0 Å². The maximum absolute atomic E-state index is 9.72. The van der Waals surface area contributed by atoms with E-state index in [9.17, 15) is 5.11 Å². The molecule has 3 heteroatoms. The van der Waals surface area contributed by atoms with Crippen LogP contribution in [0.3, 0.4) is 0 Å². The Labute approximate surface area is 119 Å². The van der Waals surface area contributed by atoms with E-state index in [0.717, 1.165) is 18.9 Å². The highest BCUT2D eigenvalue weighted by Crippen LogP contribution is 2.37. The number of aliphatic hydroxyl groups is 1. The Morgan fingerprint density at radius 1 is 1.42 bits per heavy atom. The van der Waals surface area contributed by atoms with Crippen molar-refractivity contribution < 1.29 is 5.11 Å². The highest BCUT2D eigenvalue weighted by molar-refractivity contribution is 4.98. The smallest absolute Gasteiger partial charge is 0.0615 e. The number of rotatable bonds is 9. The van der Waals surface area contributed by atoms with Crippen molar-refractivity contribution in [3.05, 3.63) is 0 Å². The average Bonchev–Trinajstić information content (AvgIpc) is 2.86. The van der Waals surface area contributed by atoms with E-state index in [4.69, 9.17) is 0 Å². The third-order valence-corrected chi connectivity index (χ3v) is 5.24. The summed E-state index contributed by atoms with van der Waals surface area (Å²) < 4.78 is 0.